The average molecular weight is 489 g/mol. The molecule has 0 unspecified atom stereocenters. The second-order valence-electron chi connectivity index (χ2n) is 7.88. The summed E-state index contributed by atoms with van der Waals surface area (Å²) in [7, 11) is 1.33. The Morgan fingerprint density at radius 2 is 1.88 bits per heavy atom. The van der Waals surface area contributed by atoms with Crippen molar-refractivity contribution in [2.24, 2.45) is 5.73 Å². The summed E-state index contributed by atoms with van der Waals surface area (Å²) in [5.41, 5.74) is 6.65. The Labute approximate surface area is 197 Å². The Kier molecular flexibility index (Phi) is 6.34. The van der Waals surface area contributed by atoms with Gasteiger partial charge in [0.05, 0.1) is 23.6 Å². The Hall–Kier alpha value is -3.42. The van der Waals surface area contributed by atoms with Crippen molar-refractivity contribution in [1.82, 2.24) is 4.90 Å². The van der Waals surface area contributed by atoms with Crippen LogP contribution in [0.3, 0.4) is 0 Å². The number of halogens is 4. The summed E-state index contributed by atoms with van der Waals surface area (Å²) in [6.45, 7) is -0.470. The van der Waals surface area contributed by atoms with Gasteiger partial charge in [0.2, 0.25) is 0 Å². The van der Waals surface area contributed by atoms with Crippen LogP contribution < -0.4 is 10.5 Å². The van der Waals surface area contributed by atoms with Gasteiger partial charge in [0.25, 0.3) is 11.8 Å². The Morgan fingerprint density at radius 3 is 2.50 bits per heavy atom. The van der Waals surface area contributed by atoms with Crippen molar-refractivity contribution in [2.75, 3.05) is 20.2 Å². The van der Waals surface area contributed by atoms with Crippen molar-refractivity contribution in [3.05, 3.63) is 64.5 Å². The number of alkyl halides is 2. The number of hydrogen-bond donors (Lipinski definition) is 1. The number of nitriles is 1. The van der Waals surface area contributed by atoms with Gasteiger partial charge in [-0.15, -0.1) is 11.3 Å². The third-order valence-electron chi connectivity index (χ3n) is 5.72. The average Bonchev–Trinajstić information content (AvgIpc) is 3.26. The van der Waals surface area contributed by atoms with E-state index in [-0.39, 0.29) is 29.3 Å². The molecule has 0 bridgehead atoms. The maximum atomic E-state index is 14.4. The molecule has 1 saturated heterocycles. The molecule has 0 saturated carbocycles. The normalized spacial score (nSPS) is 17.3. The largest absolute Gasteiger partial charge is 0.494 e. The van der Waals surface area contributed by atoms with Crippen LogP contribution in [0.15, 0.2) is 42.5 Å². The number of methoxy groups -OCH3 is 1. The molecule has 2 aromatic carbocycles. The molecule has 0 radical (unpaired) electrons. The smallest absolute Gasteiger partial charge is 0.266 e. The summed E-state index contributed by atoms with van der Waals surface area (Å²) < 4.78 is 61.3. The third-order valence-corrected chi connectivity index (χ3v) is 6.89. The molecule has 0 spiro atoms. The van der Waals surface area contributed by atoms with Crippen LogP contribution in [-0.2, 0) is 0 Å². The summed E-state index contributed by atoms with van der Waals surface area (Å²) in [6, 6.07) is 10.1. The Bertz CT molecular complexity index is 1300. The van der Waals surface area contributed by atoms with Crippen molar-refractivity contribution >= 4 is 17.2 Å². The minimum absolute atomic E-state index is 0.0332. The molecule has 0 aliphatic carbocycles. The van der Waals surface area contributed by atoms with Crippen LogP contribution in [0.25, 0.3) is 21.6 Å². The second-order valence-corrected chi connectivity index (χ2v) is 8.93. The van der Waals surface area contributed by atoms with Gasteiger partial charge in [-0.1, -0.05) is 6.07 Å². The number of amides is 1. The zero-order chi connectivity index (χ0) is 24.6. The molecule has 1 aromatic heterocycles. The number of nitrogens with two attached hydrogens (primary N) is 1. The summed E-state index contributed by atoms with van der Waals surface area (Å²) in [4.78, 5) is 15.1. The van der Waals surface area contributed by atoms with Gasteiger partial charge >= 0.3 is 0 Å². The first-order valence-electron chi connectivity index (χ1n) is 10.2. The van der Waals surface area contributed by atoms with E-state index in [0.29, 0.717) is 21.6 Å². The van der Waals surface area contributed by atoms with E-state index in [9.17, 15) is 22.4 Å². The molecule has 1 amide bonds. The predicted molar refractivity (Wildman–Crippen MR) is 120 cm³/mol. The van der Waals surface area contributed by atoms with Crippen LogP contribution in [0.2, 0.25) is 0 Å². The quantitative estimate of drug-likeness (QED) is 0.521. The number of hydrogen-bond acceptors (Lipinski definition) is 5. The van der Waals surface area contributed by atoms with E-state index in [1.807, 2.05) is 0 Å². The SMILES string of the molecule is COc1ccc(-c2sc(C(=O)N3CCC(F)(F)[C@@H](N)C3)cc2-c2ccc(C#N)c(F)c2)cc1F. The second kappa shape index (κ2) is 9.08. The van der Waals surface area contributed by atoms with Crippen molar-refractivity contribution in [2.45, 2.75) is 18.4 Å². The lowest BCUT2D eigenvalue weighted by Crippen LogP contribution is -2.56. The molecule has 5 nitrogen and oxygen atoms in total. The number of rotatable bonds is 4. The minimum atomic E-state index is -3.05. The van der Waals surface area contributed by atoms with E-state index in [0.717, 1.165) is 17.4 Å². The summed E-state index contributed by atoms with van der Waals surface area (Å²) in [6.07, 6.45) is -0.546. The standard InChI is InChI=1S/C24H19F4N3O2S/c1-33-19-5-4-14(9-18(19)26)22-16(13-2-3-15(11-29)17(25)8-13)10-20(34-22)23(32)31-7-6-24(27,28)21(30)12-31/h2-5,8-10,21H,6-7,12,30H2,1H3/t21-/m0/s1. The molecular formula is C24H19F4N3O2S. The molecule has 1 aliphatic heterocycles. The molecule has 10 heteroatoms. The lowest BCUT2D eigenvalue weighted by atomic mass is 10.00. The molecule has 176 valence electrons. The van der Waals surface area contributed by atoms with Gasteiger partial charge in [0.1, 0.15) is 11.9 Å². The molecule has 1 atom stereocenters. The van der Waals surface area contributed by atoms with E-state index in [1.165, 1.54) is 42.3 Å². The van der Waals surface area contributed by atoms with Crippen LogP contribution in [0.4, 0.5) is 17.6 Å². The number of likely N-dealkylation sites (tertiary alicyclic amines) is 1. The number of benzene rings is 2. The van der Waals surface area contributed by atoms with Crippen molar-refractivity contribution in [3.63, 3.8) is 0 Å². The highest BCUT2D eigenvalue weighted by molar-refractivity contribution is 7.18. The van der Waals surface area contributed by atoms with E-state index in [2.05, 4.69) is 0 Å². The molecule has 1 fully saturated rings. The molecule has 3 aromatic rings. The number of carbonyl (C=O) groups is 1. The first kappa shape index (κ1) is 23.7. The Morgan fingerprint density at radius 1 is 1.18 bits per heavy atom. The molecule has 1 aliphatic rings. The van der Waals surface area contributed by atoms with Crippen molar-refractivity contribution in [1.29, 1.82) is 5.26 Å². The van der Waals surface area contributed by atoms with Gasteiger partial charge in [-0.3, -0.25) is 4.79 Å². The number of thiophene rings is 1. The maximum Gasteiger partial charge on any atom is 0.266 e. The molecule has 34 heavy (non-hydrogen) atoms. The molecule has 2 heterocycles. The first-order valence-corrected chi connectivity index (χ1v) is 11.1. The van der Waals surface area contributed by atoms with E-state index in [1.54, 1.807) is 12.1 Å². The highest BCUT2D eigenvalue weighted by Crippen LogP contribution is 2.41. The highest BCUT2D eigenvalue weighted by atomic mass is 32.1. The van der Waals surface area contributed by atoms with Crippen LogP contribution >= 0.6 is 11.3 Å². The molecular weight excluding hydrogens is 470 g/mol. The fourth-order valence-electron chi connectivity index (χ4n) is 3.78. The van der Waals surface area contributed by atoms with Crippen LogP contribution in [-0.4, -0.2) is 43.0 Å². The third kappa shape index (κ3) is 4.36. The Balaban J connectivity index is 1.79. The lowest BCUT2D eigenvalue weighted by Gasteiger charge is -2.36. The monoisotopic (exact) mass is 489 g/mol. The van der Waals surface area contributed by atoms with E-state index >= 15 is 0 Å². The van der Waals surface area contributed by atoms with Gasteiger partial charge in [0, 0.05) is 30.0 Å². The number of ether oxygens (including phenoxy) is 1. The zero-order valence-electron chi connectivity index (χ0n) is 17.9. The van der Waals surface area contributed by atoms with Gasteiger partial charge < -0.3 is 15.4 Å². The fourth-order valence-corrected chi connectivity index (χ4v) is 4.92. The summed E-state index contributed by atoms with van der Waals surface area (Å²) in [5, 5.41) is 9.02. The summed E-state index contributed by atoms with van der Waals surface area (Å²) in [5.74, 6) is -4.88. The van der Waals surface area contributed by atoms with Gasteiger partial charge in [0.15, 0.2) is 11.6 Å². The van der Waals surface area contributed by atoms with E-state index < -0.39 is 35.9 Å². The van der Waals surface area contributed by atoms with Crippen molar-refractivity contribution in [3.8, 4) is 33.4 Å². The van der Waals surface area contributed by atoms with Crippen molar-refractivity contribution < 1.29 is 27.1 Å². The van der Waals surface area contributed by atoms with Gasteiger partial charge in [-0.05, 0) is 47.5 Å². The molecule has 4 rings (SSSR count). The maximum absolute atomic E-state index is 14.4. The lowest BCUT2D eigenvalue weighted by molar-refractivity contribution is -0.0662. The van der Waals surface area contributed by atoms with Gasteiger partial charge in [-0.25, -0.2) is 17.6 Å². The highest BCUT2D eigenvalue weighted by Gasteiger charge is 2.43. The molecule has 2 N–H and O–H groups in total. The van der Waals surface area contributed by atoms with Crippen LogP contribution in [0.1, 0.15) is 21.7 Å². The number of carbonyl (C=O) groups excluding carboxylic acids is 1. The number of nitrogens with zero attached hydrogens (tertiary/aromatic N) is 2. The minimum Gasteiger partial charge on any atom is -0.494 e. The number of piperidine rings is 1. The summed E-state index contributed by atoms with van der Waals surface area (Å²) >= 11 is 1.03. The van der Waals surface area contributed by atoms with Crippen LogP contribution in [0, 0.1) is 23.0 Å². The first-order chi connectivity index (χ1) is 16.1. The topological polar surface area (TPSA) is 79.3 Å². The van der Waals surface area contributed by atoms with Crippen LogP contribution in [0.5, 0.6) is 5.75 Å². The zero-order valence-corrected chi connectivity index (χ0v) is 18.8. The predicted octanol–water partition coefficient (Wildman–Crippen LogP) is 5.05. The van der Waals surface area contributed by atoms with E-state index in [4.69, 9.17) is 15.7 Å². The fraction of sp³-hybridized carbons (Fsp3) is 0.250. The van der Waals surface area contributed by atoms with Gasteiger partial charge in [-0.2, -0.15) is 5.26 Å².